The first-order chi connectivity index (χ1) is 10.5. The topological polar surface area (TPSA) is 99.3 Å². The van der Waals surface area contributed by atoms with Gasteiger partial charge in [0.2, 0.25) is 0 Å². The number of aromatic nitrogens is 1. The molecule has 6 heteroatoms. The molecule has 0 bridgehead atoms. The lowest BCUT2D eigenvalue weighted by molar-refractivity contribution is -0.698. The molecule has 1 heterocycles. The monoisotopic (exact) mass is 307 g/mol. The summed E-state index contributed by atoms with van der Waals surface area (Å²) in [4.78, 5) is 12.7. The number of aromatic hydroxyl groups is 1. The molecule has 0 amide bonds. The zero-order chi connectivity index (χ0) is 16.3. The Kier molecular flexibility index (Phi) is 5.18. The Morgan fingerprint density at radius 2 is 2.00 bits per heavy atom. The average molecular weight is 307 g/mol. The van der Waals surface area contributed by atoms with Gasteiger partial charge in [0.15, 0.2) is 0 Å². The summed E-state index contributed by atoms with van der Waals surface area (Å²) in [6.07, 6.45) is -0.849. The standard InChI is InChI=1S/C16H22N2O4/c1-3-18-13-7-5-4-6-12(13)15(21)14(16(18)22)10(2)17-8-11(20)9-19/h4-7,10-11,17,19-21H,3,8-9H2,1-2H3/p+1/t10-,11+/m1/s1. The first kappa shape index (κ1) is 16.5. The Labute approximate surface area is 128 Å². The first-order valence-electron chi connectivity index (χ1n) is 7.47. The molecule has 2 atom stereocenters. The van der Waals surface area contributed by atoms with Gasteiger partial charge in [0, 0.05) is 11.9 Å². The molecule has 6 nitrogen and oxygen atoms in total. The molecule has 2 rings (SSSR count). The van der Waals surface area contributed by atoms with Gasteiger partial charge < -0.3 is 25.2 Å². The summed E-state index contributed by atoms with van der Waals surface area (Å²) in [5, 5.41) is 31.2. The molecule has 0 saturated heterocycles. The van der Waals surface area contributed by atoms with Crippen molar-refractivity contribution in [1.29, 1.82) is 0 Å². The van der Waals surface area contributed by atoms with Gasteiger partial charge in [-0.2, -0.15) is 0 Å². The minimum Gasteiger partial charge on any atom is -0.506 e. The third-order valence-electron chi connectivity index (χ3n) is 3.92. The van der Waals surface area contributed by atoms with Gasteiger partial charge in [-0.1, -0.05) is 12.1 Å². The minimum absolute atomic E-state index is 0.00691. The molecule has 0 fully saturated rings. The molecule has 0 spiro atoms. The number of benzene rings is 1. The summed E-state index contributed by atoms with van der Waals surface area (Å²) in [5.74, 6) is -0.00691. The van der Waals surface area contributed by atoms with E-state index in [1.807, 2.05) is 25.1 Å². The second kappa shape index (κ2) is 6.91. The van der Waals surface area contributed by atoms with E-state index in [1.54, 1.807) is 22.9 Å². The molecule has 5 N–H and O–H groups in total. The molecule has 1 aromatic heterocycles. The molecule has 0 aliphatic carbocycles. The van der Waals surface area contributed by atoms with E-state index in [0.29, 0.717) is 23.0 Å². The molecular weight excluding hydrogens is 284 g/mol. The fraction of sp³-hybridized carbons (Fsp3) is 0.438. The molecule has 0 aliphatic heterocycles. The molecule has 1 aromatic carbocycles. The largest absolute Gasteiger partial charge is 0.506 e. The molecule has 0 saturated carbocycles. The molecule has 0 unspecified atom stereocenters. The van der Waals surface area contributed by atoms with Gasteiger partial charge in [0.05, 0.1) is 12.1 Å². The highest BCUT2D eigenvalue weighted by Crippen LogP contribution is 2.28. The lowest BCUT2D eigenvalue weighted by Crippen LogP contribution is -2.87. The second-order valence-electron chi connectivity index (χ2n) is 5.43. The highest BCUT2D eigenvalue weighted by Gasteiger charge is 2.23. The first-order valence-corrected chi connectivity index (χ1v) is 7.47. The van der Waals surface area contributed by atoms with Crippen LogP contribution in [-0.4, -0.2) is 39.1 Å². The van der Waals surface area contributed by atoms with Gasteiger partial charge in [-0.15, -0.1) is 0 Å². The molecule has 0 radical (unpaired) electrons. The summed E-state index contributed by atoms with van der Waals surface area (Å²) in [6.45, 7) is 4.13. The number of para-hydroxylation sites is 1. The summed E-state index contributed by atoms with van der Waals surface area (Å²) in [6, 6.07) is 6.93. The van der Waals surface area contributed by atoms with Crippen LogP contribution in [0.5, 0.6) is 5.75 Å². The van der Waals surface area contributed by atoms with E-state index in [-0.39, 0.29) is 30.5 Å². The summed E-state index contributed by atoms with van der Waals surface area (Å²) in [5.41, 5.74) is 0.811. The number of nitrogens with two attached hydrogens (primary N) is 1. The van der Waals surface area contributed by atoms with E-state index in [2.05, 4.69) is 0 Å². The number of aliphatic hydroxyl groups excluding tert-OH is 2. The maximum absolute atomic E-state index is 12.7. The van der Waals surface area contributed by atoms with Crippen LogP contribution in [0, 0.1) is 0 Å². The Morgan fingerprint density at radius 1 is 1.32 bits per heavy atom. The number of aliphatic hydroxyl groups is 2. The number of rotatable bonds is 6. The van der Waals surface area contributed by atoms with E-state index in [4.69, 9.17) is 5.11 Å². The Hall–Kier alpha value is -1.89. The number of nitrogens with zero attached hydrogens (tertiary/aromatic N) is 1. The maximum atomic E-state index is 12.7. The Balaban J connectivity index is 2.51. The lowest BCUT2D eigenvalue weighted by atomic mass is 10.0. The smallest absolute Gasteiger partial charge is 0.264 e. The van der Waals surface area contributed by atoms with Gasteiger partial charge in [0.25, 0.3) is 5.56 Å². The van der Waals surface area contributed by atoms with Crippen molar-refractivity contribution < 1.29 is 20.6 Å². The fourth-order valence-electron chi connectivity index (χ4n) is 2.69. The third kappa shape index (κ3) is 2.99. The zero-order valence-corrected chi connectivity index (χ0v) is 12.9. The van der Waals surface area contributed by atoms with Gasteiger partial charge >= 0.3 is 0 Å². The van der Waals surface area contributed by atoms with Crippen LogP contribution in [0.3, 0.4) is 0 Å². The molecule has 120 valence electrons. The highest BCUT2D eigenvalue weighted by atomic mass is 16.3. The zero-order valence-electron chi connectivity index (χ0n) is 12.9. The van der Waals surface area contributed by atoms with Crippen LogP contribution < -0.4 is 10.9 Å². The molecule has 2 aromatic rings. The van der Waals surface area contributed by atoms with Crippen LogP contribution in [0.15, 0.2) is 29.1 Å². The van der Waals surface area contributed by atoms with E-state index in [9.17, 15) is 15.0 Å². The van der Waals surface area contributed by atoms with E-state index < -0.39 is 6.10 Å². The van der Waals surface area contributed by atoms with Crippen LogP contribution in [0.1, 0.15) is 25.5 Å². The van der Waals surface area contributed by atoms with Gasteiger partial charge in [-0.3, -0.25) is 4.79 Å². The van der Waals surface area contributed by atoms with Crippen LogP contribution in [0.25, 0.3) is 10.9 Å². The van der Waals surface area contributed by atoms with Crippen molar-refractivity contribution in [2.75, 3.05) is 13.2 Å². The fourth-order valence-corrected chi connectivity index (χ4v) is 2.69. The predicted octanol–water partition coefficient (Wildman–Crippen LogP) is -0.295. The molecule has 0 aliphatic rings. The quantitative estimate of drug-likeness (QED) is 0.589. The van der Waals surface area contributed by atoms with Crippen molar-refractivity contribution >= 4 is 10.9 Å². The van der Waals surface area contributed by atoms with Crippen molar-refractivity contribution in [2.45, 2.75) is 32.5 Å². The van der Waals surface area contributed by atoms with Crippen molar-refractivity contribution in [1.82, 2.24) is 4.57 Å². The summed E-state index contributed by atoms with van der Waals surface area (Å²) in [7, 11) is 0. The maximum Gasteiger partial charge on any atom is 0.264 e. The van der Waals surface area contributed by atoms with Crippen molar-refractivity contribution in [2.24, 2.45) is 0 Å². The van der Waals surface area contributed by atoms with E-state index >= 15 is 0 Å². The molecule has 22 heavy (non-hydrogen) atoms. The number of aryl methyl sites for hydroxylation is 1. The summed E-state index contributed by atoms with van der Waals surface area (Å²) >= 11 is 0. The average Bonchev–Trinajstić information content (AvgIpc) is 2.53. The van der Waals surface area contributed by atoms with Gasteiger partial charge in [-0.05, 0) is 26.0 Å². The van der Waals surface area contributed by atoms with Crippen molar-refractivity contribution in [3.63, 3.8) is 0 Å². The van der Waals surface area contributed by atoms with Crippen molar-refractivity contribution in [3.05, 3.63) is 40.2 Å². The number of pyridine rings is 1. The highest BCUT2D eigenvalue weighted by molar-refractivity contribution is 5.86. The second-order valence-corrected chi connectivity index (χ2v) is 5.43. The normalized spacial score (nSPS) is 14.2. The van der Waals surface area contributed by atoms with Crippen LogP contribution in [0.2, 0.25) is 0 Å². The van der Waals surface area contributed by atoms with Crippen molar-refractivity contribution in [3.8, 4) is 5.75 Å². The molecular formula is C16H23N2O4+. The number of quaternary nitrogens is 1. The van der Waals surface area contributed by atoms with Gasteiger partial charge in [0.1, 0.15) is 30.0 Å². The number of fused-ring (bicyclic) bond motifs is 1. The van der Waals surface area contributed by atoms with E-state index in [0.717, 1.165) is 0 Å². The van der Waals surface area contributed by atoms with Crippen LogP contribution >= 0.6 is 0 Å². The third-order valence-corrected chi connectivity index (χ3v) is 3.92. The predicted molar refractivity (Wildman–Crippen MR) is 83.8 cm³/mol. The van der Waals surface area contributed by atoms with E-state index in [1.165, 1.54) is 0 Å². The number of hydrogen-bond acceptors (Lipinski definition) is 4. The summed E-state index contributed by atoms with van der Waals surface area (Å²) < 4.78 is 1.64. The lowest BCUT2D eigenvalue weighted by Gasteiger charge is -2.17. The number of hydrogen-bond donors (Lipinski definition) is 4. The SMILES string of the molecule is CCn1c(=O)c([C@@H](C)[NH2+]C[C@H](O)CO)c(O)c2ccccc21. The minimum atomic E-state index is -0.849. The van der Waals surface area contributed by atoms with Crippen LogP contribution in [0.4, 0.5) is 0 Å². The van der Waals surface area contributed by atoms with Crippen LogP contribution in [-0.2, 0) is 6.54 Å². The Bertz CT molecular complexity index is 711. The van der Waals surface area contributed by atoms with Gasteiger partial charge in [-0.25, -0.2) is 0 Å². The Morgan fingerprint density at radius 3 is 2.64 bits per heavy atom.